The summed E-state index contributed by atoms with van der Waals surface area (Å²) in [4.78, 5) is 17.0. The number of hydrogen-bond donors (Lipinski definition) is 0. The van der Waals surface area contributed by atoms with E-state index in [9.17, 15) is 18.0 Å². The molecule has 0 spiro atoms. The number of nitrogens with zero attached hydrogens (tertiary/aromatic N) is 3. The molecule has 0 radical (unpaired) electrons. The molecule has 4 rings (SSSR count). The highest BCUT2D eigenvalue weighted by atomic mass is 19.4. The van der Waals surface area contributed by atoms with Crippen molar-refractivity contribution in [2.45, 2.75) is 45.5 Å². The van der Waals surface area contributed by atoms with Gasteiger partial charge in [-0.15, -0.1) is 0 Å². The second-order valence-electron chi connectivity index (χ2n) is 9.26. The van der Waals surface area contributed by atoms with Gasteiger partial charge in [-0.1, -0.05) is 0 Å². The van der Waals surface area contributed by atoms with Gasteiger partial charge in [0.2, 0.25) is 0 Å². The van der Waals surface area contributed by atoms with Gasteiger partial charge in [-0.05, 0) is 57.5 Å². The summed E-state index contributed by atoms with van der Waals surface area (Å²) in [5.74, 6) is 0.626. The minimum absolute atomic E-state index is 0.0428. The zero-order valence-electron chi connectivity index (χ0n) is 19.2. The van der Waals surface area contributed by atoms with Crippen LogP contribution >= 0.6 is 0 Å². The molecule has 33 heavy (non-hydrogen) atoms. The summed E-state index contributed by atoms with van der Waals surface area (Å²) >= 11 is 0. The molecule has 182 valence electrons. The minimum atomic E-state index is -4.44. The van der Waals surface area contributed by atoms with Crippen molar-refractivity contribution in [2.75, 3.05) is 46.0 Å². The zero-order chi connectivity index (χ0) is 23.6. The topological polar surface area (TPSA) is 46.9 Å². The van der Waals surface area contributed by atoms with Crippen molar-refractivity contribution in [3.05, 3.63) is 30.0 Å². The molecule has 1 atom stereocenters. The number of benzene rings is 1. The summed E-state index contributed by atoms with van der Waals surface area (Å²) in [6.07, 6.45) is -2.20. The van der Waals surface area contributed by atoms with Crippen LogP contribution in [-0.4, -0.2) is 78.5 Å². The van der Waals surface area contributed by atoms with Crippen LogP contribution in [0.2, 0.25) is 0 Å². The van der Waals surface area contributed by atoms with Crippen molar-refractivity contribution in [3.63, 3.8) is 0 Å². The van der Waals surface area contributed by atoms with Crippen LogP contribution in [0.3, 0.4) is 0 Å². The van der Waals surface area contributed by atoms with Crippen molar-refractivity contribution in [1.82, 2.24) is 14.4 Å². The number of aromatic nitrogens is 1. The second-order valence-corrected chi connectivity index (χ2v) is 9.26. The van der Waals surface area contributed by atoms with E-state index < -0.39 is 18.6 Å². The van der Waals surface area contributed by atoms with Gasteiger partial charge >= 0.3 is 6.18 Å². The maximum absolute atomic E-state index is 13.3. The quantitative estimate of drug-likeness (QED) is 0.640. The maximum atomic E-state index is 13.3. The van der Waals surface area contributed by atoms with Crippen LogP contribution in [0.15, 0.2) is 24.3 Å². The van der Waals surface area contributed by atoms with Gasteiger partial charge in [0.05, 0.1) is 19.8 Å². The normalized spacial score (nSPS) is 20.5. The Morgan fingerprint density at radius 3 is 2.64 bits per heavy atom. The van der Waals surface area contributed by atoms with Crippen molar-refractivity contribution in [3.8, 4) is 5.75 Å². The number of likely N-dealkylation sites (tertiary alicyclic amines) is 1. The summed E-state index contributed by atoms with van der Waals surface area (Å²) in [5, 5.41) is 0.570. The lowest BCUT2D eigenvalue weighted by Crippen LogP contribution is -2.41. The molecule has 2 fully saturated rings. The molecule has 1 amide bonds. The van der Waals surface area contributed by atoms with Crippen molar-refractivity contribution in [2.24, 2.45) is 5.92 Å². The first kappa shape index (κ1) is 23.9. The monoisotopic (exact) mass is 467 g/mol. The fraction of sp³-hybridized carbons (Fsp3) is 0.625. The molecule has 0 bridgehead atoms. The first-order chi connectivity index (χ1) is 15.7. The van der Waals surface area contributed by atoms with Gasteiger partial charge in [-0.2, -0.15) is 13.2 Å². The Balaban J connectivity index is 1.54. The van der Waals surface area contributed by atoms with Crippen LogP contribution in [-0.2, 0) is 11.3 Å². The number of halogens is 3. The number of piperidine rings is 1. The van der Waals surface area contributed by atoms with Crippen molar-refractivity contribution in [1.29, 1.82) is 0 Å². The number of fused-ring (bicyclic) bond motifs is 1. The van der Waals surface area contributed by atoms with Gasteiger partial charge in [0.1, 0.15) is 18.0 Å². The number of carbonyl (C=O) groups excluding carboxylic acids is 1. The van der Waals surface area contributed by atoms with Crippen LogP contribution in [0, 0.1) is 5.92 Å². The number of morpholine rings is 1. The van der Waals surface area contributed by atoms with Crippen molar-refractivity contribution < 1.29 is 27.4 Å². The third-order valence-corrected chi connectivity index (χ3v) is 6.49. The van der Waals surface area contributed by atoms with Gasteiger partial charge in [-0.3, -0.25) is 4.79 Å². The number of amides is 1. The number of rotatable bonds is 6. The van der Waals surface area contributed by atoms with E-state index in [2.05, 4.69) is 18.7 Å². The highest BCUT2D eigenvalue weighted by molar-refractivity contribution is 5.99. The molecule has 0 aliphatic carbocycles. The lowest BCUT2D eigenvalue weighted by molar-refractivity contribution is -0.140. The lowest BCUT2D eigenvalue weighted by Gasteiger charge is -2.35. The number of hydrogen-bond acceptors (Lipinski definition) is 4. The molecule has 1 aromatic heterocycles. The fourth-order valence-corrected chi connectivity index (χ4v) is 4.71. The summed E-state index contributed by atoms with van der Waals surface area (Å²) in [6.45, 7) is 7.35. The first-order valence-electron chi connectivity index (χ1n) is 11.6. The number of alkyl halides is 3. The second kappa shape index (κ2) is 9.93. The molecule has 3 heterocycles. The van der Waals surface area contributed by atoms with Gasteiger partial charge in [0.15, 0.2) is 0 Å². The number of ether oxygens (including phenoxy) is 2. The standard InChI is InChI=1S/C24H32F3N3O3/c1-17(2)29-7-3-4-18(14-29)15-33-20-5-6-21-19(12-20)13-22(30(21)16-24(25,26)27)23(31)28-8-10-32-11-9-28/h5-6,12-13,17-18H,3-4,7-11,14-16H2,1-2H3/t18-/m1/s1. The van der Waals surface area contributed by atoms with Gasteiger partial charge in [0, 0.05) is 42.5 Å². The van der Waals surface area contributed by atoms with E-state index in [1.54, 1.807) is 29.2 Å². The Labute approximate surface area is 192 Å². The zero-order valence-corrected chi connectivity index (χ0v) is 19.2. The highest BCUT2D eigenvalue weighted by Gasteiger charge is 2.32. The SMILES string of the molecule is CC(C)N1CCC[C@@H](COc2ccc3c(c2)cc(C(=O)N2CCOCC2)n3CC(F)(F)F)C1. The minimum Gasteiger partial charge on any atom is -0.493 e. The predicted octanol–water partition coefficient (Wildman–Crippen LogP) is 4.18. The molecule has 0 N–H and O–H groups in total. The third kappa shape index (κ3) is 5.81. The van der Waals surface area contributed by atoms with E-state index in [1.807, 2.05) is 0 Å². The van der Waals surface area contributed by atoms with Gasteiger partial charge < -0.3 is 23.8 Å². The van der Waals surface area contributed by atoms with Crippen LogP contribution in [0.25, 0.3) is 10.9 Å². The fourth-order valence-electron chi connectivity index (χ4n) is 4.71. The van der Waals surface area contributed by atoms with E-state index >= 15 is 0 Å². The van der Waals surface area contributed by atoms with E-state index in [4.69, 9.17) is 9.47 Å². The van der Waals surface area contributed by atoms with E-state index in [0.29, 0.717) is 61.5 Å². The summed E-state index contributed by atoms with van der Waals surface area (Å²) in [6, 6.07) is 7.10. The van der Waals surface area contributed by atoms with Crippen molar-refractivity contribution >= 4 is 16.8 Å². The maximum Gasteiger partial charge on any atom is 0.406 e. The molecule has 1 aromatic carbocycles. The van der Waals surface area contributed by atoms with Crippen LogP contribution in [0.5, 0.6) is 5.75 Å². The predicted molar refractivity (Wildman–Crippen MR) is 120 cm³/mol. The number of carbonyl (C=O) groups is 1. The highest BCUT2D eigenvalue weighted by Crippen LogP contribution is 2.30. The summed E-state index contributed by atoms with van der Waals surface area (Å²) < 4.78 is 52.4. The molecule has 2 saturated heterocycles. The summed E-state index contributed by atoms with van der Waals surface area (Å²) in [5.41, 5.74) is 0.418. The van der Waals surface area contributed by atoms with E-state index in [1.165, 1.54) is 0 Å². The molecule has 0 unspecified atom stereocenters. The molecule has 6 nitrogen and oxygen atoms in total. The van der Waals surface area contributed by atoms with Gasteiger partial charge in [-0.25, -0.2) is 0 Å². The first-order valence-corrected chi connectivity index (χ1v) is 11.6. The van der Waals surface area contributed by atoms with Crippen LogP contribution in [0.1, 0.15) is 37.2 Å². The van der Waals surface area contributed by atoms with E-state index in [-0.39, 0.29) is 5.69 Å². The van der Waals surface area contributed by atoms with Crippen LogP contribution < -0.4 is 4.74 Å². The molecule has 9 heteroatoms. The van der Waals surface area contributed by atoms with Gasteiger partial charge in [0.25, 0.3) is 5.91 Å². The Morgan fingerprint density at radius 2 is 1.94 bits per heavy atom. The Morgan fingerprint density at radius 1 is 1.18 bits per heavy atom. The summed E-state index contributed by atoms with van der Waals surface area (Å²) in [7, 11) is 0. The molecule has 2 aromatic rings. The Kier molecular flexibility index (Phi) is 7.19. The van der Waals surface area contributed by atoms with E-state index in [0.717, 1.165) is 30.5 Å². The Bertz CT molecular complexity index is 967. The molecular weight excluding hydrogens is 435 g/mol. The lowest BCUT2D eigenvalue weighted by atomic mass is 9.98. The molecular formula is C24H32F3N3O3. The third-order valence-electron chi connectivity index (χ3n) is 6.49. The Hall–Kier alpha value is -2.26. The smallest absolute Gasteiger partial charge is 0.406 e. The molecule has 0 saturated carbocycles. The largest absolute Gasteiger partial charge is 0.493 e. The van der Waals surface area contributed by atoms with Crippen LogP contribution in [0.4, 0.5) is 13.2 Å². The average Bonchev–Trinajstić information content (AvgIpc) is 3.14. The molecule has 2 aliphatic rings. The molecule has 2 aliphatic heterocycles. The average molecular weight is 468 g/mol.